The van der Waals surface area contributed by atoms with Crippen LogP contribution in [0.25, 0.3) is 11.3 Å². The number of nitrogens with one attached hydrogen (secondary N) is 2. The van der Waals surface area contributed by atoms with Crippen LogP contribution in [0.3, 0.4) is 0 Å². The molecule has 2 N–H and O–H groups in total. The van der Waals surface area contributed by atoms with Gasteiger partial charge in [-0.25, -0.2) is 4.98 Å². The summed E-state index contributed by atoms with van der Waals surface area (Å²) in [6.07, 6.45) is 4.79. The third-order valence-electron chi connectivity index (χ3n) is 3.74. The van der Waals surface area contributed by atoms with E-state index in [0.29, 0.717) is 28.7 Å². The molecule has 0 fully saturated rings. The minimum atomic E-state index is -0.299. The zero-order valence-corrected chi connectivity index (χ0v) is 14.2. The molecular weight excluding hydrogens is 342 g/mol. The van der Waals surface area contributed by atoms with Gasteiger partial charge in [-0.1, -0.05) is 30.3 Å². The number of hydrogen-bond acceptors (Lipinski definition) is 5. The van der Waals surface area contributed by atoms with E-state index >= 15 is 0 Å². The minimum Gasteiger partial charge on any atom is -0.437 e. The normalized spacial score (nSPS) is 10.4. The third kappa shape index (κ3) is 3.98. The summed E-state index contributed by atoms with van der Waals surface area (Å²) in [5, 5.41) is 9.71. The van der Waals surface area contributed by atoms with Gasteiger partial charge in [-0.3, -0.25) is 14.9 Å². The first-order valence-corrected chi connectivity index (χ1v) is 8.24. The smallest absolute Gasteiger partial charge is 0.273 e. The first kappa shape index (κ1) is 16.5. The quantitative estimate of drug-likeness (QED) is 0.565. The number of rotatable bonds is 5. The lowest BCUT2D eigenvalue weighted by molar-refractivity contribution is 0.102. The molecule has 7 nitrogen and oxygen atoms in total. The van der Waals surface area contributed by atoms with Gasteiger partial charge in [-0.2, -0.15) is 5.10 Å². The van der Waals surface area contributed by atoms with Crippen LogP contribution in [0.5, 0.6) is 11.6 Å². The Hall–Kier alpha value is -4.00. The molecule has 7 heteroatoms. The maximum Gasteiger partial charge on any atom is 0.273 e. The summed E-state index contributed by atoms with van der Waals surface area (Å²) in [7, 11) is 0. The van der Waals surface area contributed by atoms with E-state index in [-0.39, 0.29) is 5.91 Å². The number of carbonyl (C=O) groups excluding carboxylic acids is 1. The van der Waals surface area contributed by atoms with Gasteiger partial charge in [0.25, 0.3) is 5.91 Å². The van der Waals surface area contributed by atoms with Crippen molar-refractivity contribution in [1.29, 1.82) is 0 Å². The summed E-state index contributed by atoms with van der Waals surface area (Å²) in [6, 6.07) is 18.3. The van der Waals surface area contributed by atoms with Crippen molar-refractivity contribution in [3.63, 3.8) is 0 Å². The van der Waals surface area contributed by atoms with E-state index in [1.807, 2.05) is 30.3 Å². The molecule has 0 spiro atoms. The second kappa shape index (κ2) is 7.49. The fraction of sp³-hybridized carbons (Fsp3) is 0. The van der Waals surface area contributed by atoms with E-state index in [0.717, 1.165) is 5.56 Å². The number of ether oxygens (including phenoxy) is 1. The molecule has 0 aliphatic rings. The summed E-state index contributed by atoms with van der Waals surface area (Å²) in [5.74, 6) is 0.703. The lowest BCUT2D eigenvalue weighted by Crippen LogP contribution is -2.12. The van der Waals surface area contributed by atoms with Crippen LogP contribution in [0, 0.1) is 0 Å². The predicted molar refractivity (Wildman–Crippen MR) is 101 cm³/mol. The number of amides is 1. The Balaban J connectivity index is 1.42. The highest BCUT2D eigenvalue weighted by molar-refractivity contribution is 6.03. The molecule has 0 saturated carbocycles. The van der Waals surface area contributed by atoms with Crippen molar-refractivity contribution in [2.24, 2.45) is 0 Å². The molecule has 0 aliphatic carbocycles. The summed E-state index contributed by atoms with van der Waals surface area (Å²) >= 11 is 0. The number of anilines is 1. The minimum absolute atomic E-state index is 0.299. The molecule has 3 heterocycles. The average molecular weight is 357 g/mol. The van der Waals surface area contributed by atoms with Crippen LogP contribution in [-0.2, 0) is 0 Å². The van der Waals surface area contributed by atoms with E-state index < -0.39 is 0 Å². The highest BCUT2D eigenvalue weighted by Gasteiger charge is 2.11. The number of H-pyrrole nitrogens is 1. The van der Waals surface area contributed by atoms with Gasteiger partial charge >= 0.3 is 0 Å². The monoisotopic (exact) mass is 357 g/mol. The topological polar surface area (TPSA) is 92.8 Å². The van der Waals surface area contributed by atoms with Crippen LogP contribution in [0.15, 0.2) is 79.3 Å². The van der Waals surface area contributed by atoms with Gasteiger partial charge in [-0.15, -0.1) is 0 Å². The molecule has 132 valence electrons. The zero-order valence-electron chi connectivity index (χ0n) is 14.2. The Kier molecular flexibility index (Phi) is 4.57. The van der Waals surface area contributed by atoms with Crippen molar-refractivity contribution in [2.75, 3.05) is 5.32 Å². The van der Waals surface area contributed by atoms with Gasteiger partial charge in [0, 0.05) is 17.8 Å². The Morgan fingerprint density at radius 1 is 1.00 bits per heavy atom. The van der Waals surface area contributed by atoms with Crippen molar-refractivity contribution >= 4 is 11.6 Å². The van der Waals surface area contributed by atoms with E-state index in [9.17, 15) is 4.79 Å². The lowest BCUT2D eigenvalue weighted by atomic mass is 10.1. The maximum atomic E-state index is 12.4. The lowest BCUT2D eigenvalue weighted by Gasteiger charge is -2.06. The molecule has 1 amide bonds. The number of benzene rings is 1. The van der Waals surface area contributed by atoms with Gasteiger partial charge in [0.1, 0.15) is 11.4 Å². The Bertz CT molecular complexity index is 1030. The van der Waals surface area contributed by atoms with Gasteiger partial charge in [-0.05, 0) is 24.3 Å². The Morgan fingerprint density at radius 2 is 1.89 bits per heavy atom. The SMILES string of the molecule is O=C(Nc1ccc(Oc2cccnc2)nc1)c1cc(-c2ccccc2)n[nH]1. The molecule has 3 aromatic heterocycles. The summed E-state index contributed by atoms with van der Waals surface area (Å²) in [4.78, 5) is 20.5. The molecule has 0 saturated heterocycles. The molecule has 4 rings (SSSR count). The molecule has 0 radical (unpaired) electrons. The number of aromatic amines is 1. The van der Waals surface area contributed by atoms with Crippen LogP contribution in [0.4, 0.5) is 5.69 Å². The zero-order chi connectivity index (χ0) is 18.5. The standard InChI is InChI=1S/C20H15N5O2/c26-20(18-11-17(24-25-18)14-5-2-1-3-6-14)23-15-8-9-19(22-12-15)27-16-7-4-10-21-13-16/h1-13H,(H,23,26)(H,24,25). The fourth-order valence-electron chi connectivity index (χ4n) is 2.44. The van der Waals surface area contributed by atoms with Crippen LogP contribution >= 0.6 is 0 Å². The van der Waals surface area contributed by atoms with E-state index in [1.54, 1.807) is 42.7 Å². The number of carbonyl (C=O) groups is 1. The van der Waals surface area contributed by atoms with Crippen molar-refractivity contribution in [1.82, 2.24) is 20.2 Å². The number of nitrogens with zero attached hydrogens (tertiary/aromatic N) is 3. The fourth-order valence-corrected chi connectivity index (χ4v) is 2.44. The van der Waals surface area contributed by atoms with Crippen LogP contribution < -0.4 is 10.1 Å². The van der Waals surface area contributed by atoms with E-state index in [4.69, 9.17) is 4.74 Å². The molecule has 0 unspecified atom stereocenters. The third-order valence-corrected chi connectivity index (χ3v) is 3.74. The van der Waals surface area contributed by atoms with Gasteiger partial charge in [0.05, 0.1) is 23.8 Å². The maximum absolute atomic E-state index is 12.4. The second-order valence-corrected chi connectivity index (χ2v) is 5.66. The highest BCUT2D eigenvalue weighted by Crippen LogP contribution is 2.20. The summed E-state index contributed by atoms with van der Waals surface area (Å²) < 4.78 is 5.57. The van der Waals surface area contributed by atoms with Crippen molar-refractivity contribution in [2.45, 2.75) is 0 Å². The van der Waals surface area contributed by atoms with Crippen LogP contribution in [0.2, 0.25) is 0 Å². The molecule has 1 aromatic carbocycles. The predicted octanol–water partition coefficient (Wildman–Crippen LogP) is 3.91. The van der Waals surface area contributed by atoms with Crippen molar-refractivity contribution < 1.29 is 9.53 Å². The highest BCUT2D eigenvalue weighted by atomic mass is 16.5. The molecule has 4 aromatic rings. The molecular formula is C20H15N5O2. The van der Waals surface area contributed by atoms with Crippen LogP contribution in [0.1, 0.15) is 10.5 Å². The Morgan fingerprint density at radius 3 is 2.63 bits per heavy atom. The van der Waals surface area contributed by atoms with Crippen LogP contribution in [-0.4, -0.2) is 26.1 Å². The van der Waals surface area contributed by atoms with Crippen molar-refractivity contribution in [3.05, 3.63) is 84.9 Å². The Labute approximate surface area is 155 Å². The van der Waals surface area contributed by atoms with Gasteiger partial charge < -0.3 is 10.1 Å². The summed E-state index contributed by atoms with van der Waals surface area (Å²) in [5.41, 5.74) is 2.56. The average Bonchev–Trinajstić information content (AvgIpc) is 3.21. The summed E-state index contributed by atoms with van der Waals surface area (Å²) in [6.45, 7) is 0. The first-order valence-electron chi connectivity index (χ1n) is 8.24. The molecule has 27 heavy (non-hydrogen) atoms. The number of hydrogen-bond donors (Lipinski definition) is 2. The number of aromatic nitrogens is 4. The molecule has 0 aliphatic heterocycles. The second-order valence-electron chi connectivity index (χ2n) is 5.66. The van der Waals surface area contributed by atoms with Gasteiger partial charge in [0.15, 0.2) is 0 Å². The first-order chi connectivity index (χ1) is 13.3. The molecule has 0 bridgehead atoms. The number of pyridine rings is 2. The molecule has 0 atom stereocenters. The largest absolute Gasteiger partial charge is 0.437 e. The van der Waals surface area contributed by atoms with E-state index in [2.05, 4.69) is 25.5 Å². The van der Waals surface area contributed by atoms with Crippen molar-refractivity contribution in [3.8, 4) is 22.9 Å². The van der Waals surface area contributed by atoms with E-state index in [1.165, 1.54) is 6.20 Å². The van der Waals surface area contributed by atoms with Gasteiger partial charge in [0.2, 0.25) is 5.88 Å².